The maximum Gasteiger partial charge on any atom is 0.372 e. The number of benzene rings is 1. The van der Waals surface area contributed by atoms with E-state index in [9.17, 15) is 4.79 Å². The van der Waals surface area contributed by atoms with Crippen molar-refractivity contribution in [2.75, 3.05) is 7.11 Å². The summed E-state index contributed by atoms with van der Waals surface area (Å²) in [4.78, 5) is 10.9. The number of hydrogen-bond donors (Lipinski definition) is 1. The van der Waals surface area contributed by atoms with Crippen molar-refractivity contribution in [1.82, 2.24) is 0 Å². The average molecular weight is 302 g/mol. The van der Waals surface area contributed by atoms with Crippen LogP contribution < -0.4 is 9.47 Å². The minimum atomic E-state index is -1.09. The van der Waals surface area contributed by atoms with E-state index < -0.39 is 5.97 Å². The van der Waals surface area contributed by atoms with Crippen molar-refractivity contribution < 1.29 is 23.8 Å². The minimum Gasteiger partial charge on any atom is -0.493 e. The van der Waals surface area contributed by atoms with Crippen LogP contribution in [0.4, 0.5) is 0 Å². The van der Waals surface area contributed by atoms with Gasteiger partial charge in [0.25, 0.3) is 0 Å². The molecule has 1 aromatic heterocycles. The fraction of sp³-hybridized carbons (Fsp3) is 0.235. The summed E-state index contributed by atoms with van der Waals surface area (Å²) in [6, 6.07) is 7.27. The molecule has 0 bridgehead atoms. The zero-order valence-corrected chi connectivity index (χ0v) is 12.6. The summed E-state index contributed by atoms with van der Waals surface area (Å²) in [5, 5.41) is 8.96. The molecule has 1 N–H and O–H groups in total. The quantitative estimate of drug-likeness (QED) is 0.791. The van der Waals surface area contributed by atoms with Crippen LogP contribution in [0.1, 0.15) is 27.4 Å². The molecule has 1 heterocycles. The Hall–Kier alpha value is -2.69. The van der Waals surface area contributed by atoms with E-state index in [1.54, 1.807) is 20.1 Å². The maximum absolute atomic E-state index is 10.9. The molecular formula is C17H18O5. The molecule has 0 fully saturated rings. The molecule has 2 aromatic rings. The lowest BCUT2D eigenvalue weighted by atomic mass is 10.1. The van der Waals surface area contributed by atoms with Crippen LogP contribution in [0.2, 0.25) is 0 Å². The molecule has 0 atom stereocenters. The van der Waals surface area contributed by atoms with E-state index in [1.807, 2.05) is 24.3 Å². The Morgan fingerprint density at radius 2 is 2.14 bits per heavy atom. The Morgan fingerprint density at radius 1 is 1.36 bits per heavy atom. The predicted octanol–water partition coefficient (Wildman–Crippen LogP) is 3.60. The lowest BCUT2D eigenvalue weighted by molar-refractivity contribution is 0.0657. The van der Waals surface area contributed by atoms with Gasteiger partial charge >= 0.3 is 5.97 Å². The van der Waals surface area contributed by atoms with E-state index in [2.05, 4.69) is 6.58 Å². The lowest BCUT2D eigenvalue weighted by Crippen LogP contribution is -1.98. The second kappa shape index (κ2) is 6.85. The van der Waals surface area contributed by atoms with Crippen LogP contribution in [-0.2, 0) is 13.0 Å². The van der Waals surface area contributed by atoms with Crippen LogP contribution in [0.3, 0.4) is 0 Å². The van der Waals surface area contributed by atoms with Crippen LogP contribution >= 0.6 is 0 Å². The summed E-state index contributed by atoms with van der Waals surface area (Å²) in [5.74, 6) is 0.483. The number of allylic oxidation sites excluding steroid dienone is 1. The molecular weight excluding hydrogens is 284 g/mol. The van der Waals surface area contributed by atoms with Gasteiger partial charge in [0.1, 0.15) is 12.4 Å². The van der Waals surface area contributed by atoms with E-state index in [0.29, 0.717) is 22.8 Å². The fourth-order valence-electron chi connectivity index (χ4n) is 2.11. The molecule has 0 saturated carbocycles. The molecule has 0 aliphatic rings. The van der Waals surface area contributed by atoms with Crippen LogP contribution in [0.15, 0.2) is 41.3 Å². The van der Waals surface area contributed by atoms with E-state index in [0.717, 1.165) is 12.0 Å². The third-order valence-electron chi connectivity index (χ3n) is 3.14. The van der Waals surface area contributed by atoms with Crippen molar-refractivity contribution in [2.24, 2.45) is 0 Å². The van der Waals surface area contributed by atoms with Gasteiger partial charge in [-0.05, 0) is 37.1 Å². The van der Waals surface area contributed by atoms with Crippen LogP contribution in [0, 0.1) is 6.92 Å². The van der Waals surface area contributed by atoms with E-state index in [-0.39, 0.29) is 12.4 Å². The normalized spacial score (nSPS) is 10.3. The van der Waals surface area contributed by atoms with Gasteiger partial charge in [0, 0.05) is 5.56 Å². The summed E-state index contributed by atoms with van der Waals surface area (Å²) < 4.78 is 16.2. The number of aromatic carboxylic acids is 1. The number of furan rings is 1. The lowest BCUT2D eigenvalue weighted by Gasteiger charge is -2.11. The summed E-state index contributed by atoms with van der Waals surface area (Å²) in [5.41, 5.74) is 1.64. The topological polar surface area (TPSA) is 68.9 Å². The Kier molecular flexibility index (Phi) is 4.88. The monoisotopic (exact) mass is 302 g/mol. The van der Waals surface area contributed by atoms with Crippen LogP contribution in [-0.4, -0.2) is 18.2 Å². The second-order valence-electron chi connectivity index (χ2n) is 4.80. The van der Waals surface area contributed by atoms with E-state index in [4.69, 9.17) is 19.0 Å². The second-order valence-corrected chi connectivity index (χ2v) is 4.80. The smallest absolute Gasteiger partial charge is 0.372 e. The number of methoxy groups -OCH3 is 1. The standard InChI is InChI=1S/C17H18O5/c1-4-5-12-6-7-14(15(9-12)20-3)21-10-13-8-11(2)16(22-13)17(18)19/h4,6-9H,1,5,10H2,2-3H3,(H,18,19). The number of rotatable bonds is 7. The first-order valence-electron chi connectivity index (χ1n) is 6.78. The van der Waals surface area contributed by atoms with Gasteiger partial charge in [-0.2, -0.15) is 0 Å². The molecule has 0 spiro atoms. The van der Waals surface area contributed by atoms with Gasteiger partial charge in [-0.15, -0.1) is 6.58 Å². The number of carbonyl (C=O) groups is 1. The zero-order chi connectivity index (χ0) is 16.1. The number of aryl methyl sites for hydroxylation is 1. The zero-order valence-electron chi connectivity index (χ0n) is 12.6. The third-order valence-corrected chi connectivity index (χ3v) is 3.14. The van der Waals surface area contributed by atoms with Gasteiger partial charge in [-0.25, -0.2) is 4.79 Å². The SMILES string of the molecule is C=CCc1ccc(OCc2cc(C)c(C(=O)O)o2)c(OC)c1. The number of hydrogen-bond acceptors (Lipinski definition) is 4. The van der Waals surface area contributed by atoms with Crippen molar-refractivity contribution >= 4 is 5.97 Å². The molecule has 0 radical (unpaired) electrons. The molecule has 0 amide bonds. The molecule has 22 heavy (non-hydrogen) atoms. The van der Waals surface area contributed by atoms with Gasteiger partial charge < -0.3 is 19.0 Å². The minimum absolute atomic E-state index is 0.0631. The first-order chi connectivity index (χ1) is 10.5. The molecule has 0 saturated heterocycles. The Labute approximate surface area is 128 Å². The highest BCUT2D eigenvalue weighted by Crippen LogP contribution is 2.29. The number of ether oxygens (including phenoxy) is 2. The van der Waals surface area contributed by atoms with Crippen LogP contribution in [0.25, 0.3) is 0 Å². The average Bonchev–Trinajstić information content (AvgIpc) is 2.87. The van der Waals surface area contributed by atoms with Gasteiger partial charge in [-0.3, -0.25) is 0 Å². The van der Waals surface area contributed by atoms with Crippen molar-refractivity contribution in [3.05, 3.63) is 59.6 Å². The first kappa shape index (κ1) is 15.7. The largest absolute Gasteiger partial charge is 0.493 e. The summed E-state index contributed by atoms with van der Waals surface area (Å²) in [7, 11) is 1.57. The molecule has 0 aliphatic carbocycles. The molecule has 0 unspecified atom stereocenters. The molecule has 5 nitrogen and oxygen atoms in total. The Balaban J connectivity index is 2.12. The van der Waals surface area contributed by atoms with Crippen molar-refractivity contribution in [2.45, 2.75) is 20.0 Å². The molecule has 2 rings (SSSR count). The predicted molar refractivity (Wildman–Crippen MR) is 81.6 cm³/mol. The van der Waals surface area contributed by atoms with Crippen molar-refractivity contribution in [3.63, 3.8) is 0 Å². The molecule has 5 heteroatoms. The number of carboxylic acid groups (broad SMARTS) is 1. The summed E-state index contributed by atoms with van der Waals surface area (Å²) >= 11 is 0. The first-order valence-corrected chi connectivity index (χ1v) is 6.78. The molecule has 1 aromatic carbocycles. The van der Waals surface area contributed by atoms with Gasteiger partial charge in [-0.1, -0.05) is 12.1 Å². The molecule has 0 aliphatic heterocycles. The van der Waals surface area contributed by atoms with Crippen molar-refractivity contribution in [1.29, 1.82) is 0 Å². The van der Waals surface area contributed by atoms with Crippen LogP contribution in [0.5, 0.6) is 11.5 Å². The number of carboxylic acids is 1. The van der Waals surface area contributed by atoms with Gasteiger partial charge in [0.2, 0.25) is 5.76 Å². The highest BCUT2D eigenvalue weighted by molar-refractivity contribution is 5.86. The van der Waals surface area contributed by atoms with Gasteiger partial charge in [0.05, 0.1) is 7.11 Å². The van der Waals surface area contributed by atoms with Crippen molar-refractivity contribution in [3.8, 4) is 11.5 Å². The van der Waals surface area contributed by atoms with E-state index in [1.165, 1.54) is 0 Å². The Bertz CT molecular complexity index is 684. The van der Waals surface area contributed by atoms with Gasteiger partial charge in [0.15, 0.2) is 11.5 Å². The third kappa shape index (κ3) is 3.49. The maximum atomic E-state index is 10.9. The highest BCUT2D eigenvalue weighted by atomic mass is 16.5. The van der Waals surface area contributed by atoms with E-state index >= 15 is 0 Å². The fourth-order valence-corrected chi connectivity index (χ4v) is 2.11. The highest BCUT2D eigenvalue weighted by Gasteiger charge is 2.15. The summed E-state index contributed by atoms with van der Waals surface area (Å²) in [6.07, 6.45) is 2.56. The Morgan fingerprint density at radius 3 is 2.73 bits per heavy atom. The molecule has 116 valence electrons. The summed E-state index contributed by atoms with van der Waals surface area (Å²) in [6.45, 7) is 5.51.